The number of hydrogen-bond acceptors (Lipinski definition) is 5. The van der Waals surface area contributed by atoms with E-state index in [0.29, 0.717) is 12.0 Å². The first kappa shape index (κ1) is 22.2. The topological polar surface area (TPSA) is 92.5 Å². The number of rotatable bonds is 8. The Balaban J connectivity index is 1.53. The number of nitro benzene ring substituents is 1. The van der Waals surface area contributed by atoms with Gasteiger partial charge in [-0.2, -0.15) is 0 Å². The highest BCUT2D eigenvalue weighted by Crippen LogP contribution is 2.22. The zero-order valence-corrected chi connectivity index (χ0v) is 18.2. The van der Waals surface area contributed by atoms with E-state index in [1.54, 1.807) is 6.92 Å². The van der Waals surface area contributed by atoms with Crippen molar-refractivity contribution in [3.05, 3.63) is 63.7 Å². The van der Waals surface area contributed by atoms with Gasteiger partial charge in [-0.05, 0) is 55.9 Å². The summed E-state index contributed by atoms with van der Waals surface area (Å²) in [5, 5.41) is 10.9. The van der Waals surface area contributed by atoms with Gasteiger partial charge < -0.3 is 4.90 Å². The molecule has 0 aromatic heterocycles. The van der Waals surface area contributed by atoms with Gasteiger partial charge in [0.2, 0.25) is 10.0 Å². The van der Waals surface area contributed by atoms with Crippen molar-refractivity contribution in [1.82, 2.24) is 4.72 Å². The summed E-state index contributed by atoms with van der Waals surface area (Å²) in [7, 11) is -3.79. The summed E-state index contributed by atoms with van der Waals surface area (Å²) in [6, 6.07) is 12.4. The van der Waals surface area contributed by atoms with Crippen LogP contribution in [-0.4, -0.2) is 33.0 Å². The van der Waals surface area contributed by atoms with Crippen molar-refractivity contribution in [2.24, 2.45) is 0 Å². The molecule has 2 aromatic rings. The second kappa shape index (κ2) is 10.0. The predicted octanol–water partition coefficient (Wildman–Crippen LogP) is 4.19. The molecule has 0 unspecified atom stereocenters. The first-order valence-electron chi connectivity index (χ1n) is 10.5. The molecule has 1 N–H and O–H groups in total. The fourth-order valence-electron chi connectivity index (χ4n) is 3.77. The molecular formula is C22H29N3O4S. The number of non-ortho nitro benzene ring substituents is 1. The van der Waals surface area contributed by atoms with E-state index in [2.05, 4.69) is 33.9 Å². The molecule has 162 valence electrons. The quantitative estimate of drug-likeness (QED) is 0.384. The lowest BCUT2D eigenvalue weighted by Crippen LogP contribution is -2.26. The summed E-state index contributed by atoms with van der Waals surface area (Å²) in [6.45, 7) is 4.12. The molecule has 1 fully saturated rings. The number of anilines is 1. The Bertz CT molecular complexity index is 966. The lowest BCUT2D eigenvalue weighted by molar-refractivity contribution is -0.385. The van der Waals surface area contributed by atoms with Gasteiger partial charge in [0.1, 0.15) is 0 Å². The summed E-state index contributed by atoms with van der Waals surface area (Å²) >= 11 is 0. The standard InChI is InChI=1S/C22H29N3O4S/c1-18-8-11-21(25(26)27)17-22(18)30(28,29)23-14-6-7-19-9-12-20(13-10-19)24-15-4-2-3-5-16-24/h8-13,17,23H,2-7,14-16H2,1H3. The lowest BCUT2D eigenvalue weighted by atomic mass is 10.1. The Labute approximate surface area is 178 Å². The van der Waals surface area contributed by atoms with Crippen molar-refractivity contribution < 1.29 is 13.3 Å². The van der Waals surface area contributed by atoms with Crippen LogP contribution in [0.15, 0.2) is 47.4 Å². The van der Waals surface area contributed by atoms with Crippen molar-refractivity contribution in [3.63, 3.8) is 0 Å². The Morgan fingerprint density at radius 1 is 1.03 bits per heavy atom. The smallest absolute Gasteiger partial charge is 0.270 e. The van der Waals surface area contributed by atoms with Crippen LogP contribution in [-0.2, 0) is 16.4 Å². The van der Waals surface area contributed by atoms with E-state index >= 15 is 0 Å². The van der Waals surface area contributed by atoms with E-state index in [1.807, 2.05) is 0 Å². The largest absolute Gasteiger partial charge is 0.372 e. The first-order valence-corrected chi connectivity index (χ1v) is 11.9. The zero-order chi connectivity index (χ0) is 21.6. The molecular weight excluding hydrogens is 402 g/mol. The summed E-state index contributed by atoms with van der Waals surface area (Å²) in [4.78, 5) is 12.7. The van der Waals surface area contributed by atoms with Crippen LogP contribution in [0.1, 0.15) is 43.2 Å². The minimum Gasteiger partial charge on any atom is -0.372 e. The van der Waals surface area contributed by atoms with Crippen molar-refractivity contribution >= 4 is 21.4 Å². The number of hydrogen-bond donors (Lipinski definition) is 1. The first-order chi connectivity index (χ1) is 14.4. The molecule has 1 aliphatic rings. The molecule has 7 nitrogen and oxygen atoms in total. The maximum atomic E-state index is 12.5. The molecule has 1 saturated heterocycles. The summed E-state index contributed by atoms with van der Waals surface area (Å²) in [5.74, 6) is 0. The molecule has 0 amide bonds. The average Bonchev–Trinajstić information content (AvgIpc) is 3.01. The second-order valence-electron chi connectivity index (χ2n) is 7.78. The number of sulfonamides is 1. The van der Waals surface area contributed by atoms with E-state index in [4.69, 9.17) is 0 Å². The molecule has 8 heteroatoms. The number of nitro groups is 1. The minimum atomic E-state index is -3.79. The van der Waals surface area contributed by atoms with Gasteiger partial charge >= 0.3 is 0 Å². The Hall–Kier alpha value is -2.45. The van der Waals surface area contributed by atoms with Crippen LogP contribution in [0.4, 0.5) is 11.4 Å². The molecule has 3 rings (SSSR count). The summed E-state index contributed by atoms with van der Waals surface area (Å²) in [5.41, 5.74) is 2.67. The van der Waals surface area contributed by atoms with Crippen molar-refractivity contribution in [2.45, 2.75) is 50.3 Å². The zero-order valence-electron chi connectivity index (χ0n) is 17.3. The molecule has 0 bridgehead atoms. The van der Waals surface area contributed by atoms with Crippen LogP contribution in [0.3, 0.4) is 0 Å². The van der Waals surface area contributed by atoms with E-state index < -0.39 is 14.9 Å². The van der Waals surface area contributed by atoms with Crippen LogP contribution >= 0.6 is 0 Å². The van der Waals surface area contributed by atoms with Crippen LogP contribution in [0.2, 0.25) is 0 Å². The normalized spacial score (nSPS) is 15.0. The van der Waals surface area contributed by atoms with E-state index in [-0.39, 0.29) is 17.1 Å². The molecule has 1 heterocycles. The fraction of sp³-hybridized carbons (Fsp3) is 0.455. The predicted molar refractivity (Wildman–Crippen MR) is 118 cm³/mol. The Morgan fingerprint density at radius 2 is 1.70 bits per heavy atom. The van der Waals surface area contributed by atoms with Gasteiger partial charge in [-0.25, -0.2) is 13.1 Å². The second-order valence-corrected chi connectivity index (χ2v) is 9.51. The van der Waals surface area contributed by atoms with Crippen molar-refractivity contribution in [1.29, 1.82) is 0 Å². The fourth-order valence-corrected chi connectivity index (χ4v) is 5.11. The van der Waals surface area contributed by atoms with Gasteiger partial charge in [0.05, 0.1) is 9.82 Å². The number of aryl methyl sites for hydroxylation is 2. The number of nitrogens with zero attached hydrogens (tertiary/aromatic N) is 2. The van der Waals surface area contributed by atoms with Crippen LogP contribution in [0, 0.1) is 17.0 Å². The third kappa shape index (κ3) is 5.79. The van der Waals surface area contributed by atoms with Gasteiger partial charge in [0.25, 0.3) is 5.69 Å². The maximum Gasteiger partial charge on any atom is 0.270 e. The average molecular weight is 432 g/mol. The van der Waals surface area contributed by atoms with Crippen LogP contribution in [0.25, 0.3) is 0 Å². The minimum absolute atomic E-state index is 0.0431. The lowest BCUT2D eigenvalue weighted by Gasteiger charge is -2.22. The van der Waals surface area contributed by atoms with E-state index in [0.717, 1.165) is 25.6 Å². The highest BCUT2D eigenvalue weighted by molar-refractivity contribution is 7.89. The number of benzene rings is 2. The molecule has 0 radical (unpaired) electrons. The van der Waals surface area contributed by atoms with Crippen molar-refractivity contribution in [3.8, 4) is 0 Å². The maximum absolute atomic E-state index is 12.5. The monoisotopic (exact) mass is 431 g/mol. The molecule has 0 saturated carbocycles. The molecule has 2 aromatic carbocycles. The Morgan fingerprint density at radius 3 is 2.33 bits per heavy atom. The highest BCUT2D eigenvalue weighted by Gasteiger charge is 2.20. The molecule has 1 aliphatic heterocycles. The van der Waals surface area contributed by atoms with E-state index in [1.165, 1.54) is 49.1 Å². The van der Waals surface area contributed by atoms with Gasteiger partial charge in [0, 0.05) is 37.5 Å². The van der Waals surface area contributed by atoms with Gasteiger partial charge in [-0.15, -0.1) is 0 Å². The van der Waals surface area contributed by atoms with Gasteiger partial charge in [-0.3, -0.25) is 10.1 Å². The third-order valence-corrected chi connectivity index (χ3v) is 7.12. The van der Waals surface area contributed by atoms with Crippen LogP contribution in [0.5, 0.6) is 0 Å². The highest BCUT2D eigenvalue weighted by atomic mass is 32.2. The number of nitrogens with one attached hydrogen (secondary N) is 1. The SMILES string of the molecule is Cc1ccc([N+](=O)[O-])cc1S(=O)(=O)NCCCc1ccc(N2CCCCCC2)cc1. The van der Waals surface area contributed by atoms with E-state index in [9.17, 15) is 18.5 Å². The molecule has 0 atom stereocenters. The van der Waals surface area contributed by atoms with Gasteiger partial charge in [-0.1, -0.05) is 31.0 Å². The van der Waals surface area contributed by atoms with Gasteiger partial charge in [0.15, 0.2) is 0 Å². The molecule has 30 heavy (non-hydrogen) atoms. The molecule has 0 aliphatic carbocycles. The summed E-state index contributed by atoms with van der Waals surface area (Å²) < 4.78 is 27.7. The van der Waals surface area contributed by atoms with Crippen LogP contribution < -0.4 is 9.62 Å². The Kier molecular flexibility index (Phi) is 7.44. The third-order valence-electron chi connectivity index (χ3n) is 5.51. The summed E-state index contributed by atoms with van der Waals surface area (Å²) in [6.07, 6.45) is 6.51. The van der Waals surface area contributed by atoms with Crippen molar-refractivity contribution in [2.75, 3.05) is 24.5 Å². The molecule has 0 spiro atoms.